The minimum atomic E-state index is -0.141. The average molecular weight is 306 g/mol. The summed E-state index contributed by atoms with van der Waals surface area (Å²) in [4.78, 5) is 14.1. The Balaban J connectivity index is 1.84. The third kappa shape index (κ3) is 2.94. The zero-order valence-corrected chi connectivity index (χ0v) is 12.2. The van der Waals surface area contributed by atoms with Gasteiger partial charge >= 0.3 is 0 Å². The van der Waals surface area contributed by atoms with Gasteiger partial charge in [0.05, 0.1) is 17.3 Å². The van der Waals surface area contributed by atoms with Crippen LogP contribution in [0, 0.1) is 0 Å². The molecule has 1 amide bonds. The maximum atomic E-state index is 12.5. The van der Waals surface area contributed by atoms with Crippen molar-refractivity contribution in [1.82, 2.24) is 14.7 Å². The summed E-state index contributed by atoms with van der Waals surface area (Å²) in [5, 5.41) is 14.0. The number of aromatic nitrogens is 2. The van der Waals surface area contributed by atoms with Gasteiger partial charge in [0.1, 0.15) is 0 Å². The summed E-state index contributed by atoms with van der Waals surface area (Å²) >= 11 is 6.13. The van der Waals surface area contributed by atoms with Crippen LogP contribution in [0.2, 0.25) is 5.02 Å². The highest BCUT2D eigenvalue weighted by molar-refractivity contribution is 6.32. The fraction of sp³-hybridized carbons (Fsp3) is 0.333. The number of nitrogens with zero attached hydrogens (tertiary/aromatic N) is 3. The molecule has 5 nitrogen and oxygen atoms in total. The van der Waals surface area contributed by atoms with E-state index in [9.17, 15) is 4.79 Å². The molecule has 1 aliphatic rings. The summed E-state index contributed by atoms with van der Waals surface area (Å²) in [5.74, 6) is -0.141. The Labute approximate surface area is 127 Å². The predicted octanol–water partition coefficient (Wildman–Crippen LogP) is 2.12. The Kier molecular flexibility index (Phi) is 3.94. The van der Waals surface area contributed by atoms with Crippen molar-refractivity contribution in [1.29, 1.82) is 0 Å². The molecule has 0 bridgehead atoms. The molecule has 1 saturated carbocycles. The fourth-order valence-electron chi connectivity index (χ4n) is 2.30. The van der Waals surface area contributed by atoms with Crippen LogP contribution < -0.4 is 0 Å². The maximum Gasteiger partial charge on any atom is 0.274 e. The summed E-state index contributed by atoms with van der Waals surface area (Å²) in [6, 6.07) is 9.26. The Morgan fingerprint density at radius 3 is 2.81 bits per heavy atom. The van der Waals surface area contributed by atoms with Gasteiger partial charge in [0, 0.05) is 18.8 Å². The first-order valence-corrected chi connectivity index (χ1v) is 7.31. The second-order valence-electron chi connectivity index (χ2n) is 5.05. The van der Waals surface area contributed by atoms with E-state index in [0.29, 0.717) is 17.3 Å². The number of carbonyl (C=O) groups is 1. The zero-order valence-electron chi connectivity index (χ0n) is 11.4. The molecule has 0 aliphatic heterocycles. The topological polar surface area (TPSA) is 58.4 Å². The van der Waals surface area contributed by atoms with Gasteiger partial charge in [-0.25, -0.2) is 4.68 Å². The van der Waals surface area contributed by atoms with Crippen LogP contribution in [0.25, 0.3) is 5.69 Å². The lowest BCUT2D eigenvalue weighted by Gasteiger charge is -2.19. The lowest BCUT2D eigenvalue weighted by molar-refractivity contribution is 0.0701. The minimum absolute atomic E-state index is 0.0343. The van der Waals surface area contributed by atoms with E-state index in [4.69, 9.17) is 16.7 Å². The first-order valence-electron chi connectivity index (χ1n) is 6.93. The third-order valence-corrected chi connectivity index (χ3v) is 3.82. The molecule has 21 heavy (non-hydrogen) atoms. The minimum Gasteiger partial charge on any atom is -0.395 e. The smallest absolute Gasteiger partial charge is 0.274 e. The van der Waals surface area contributed by atoms with Gasteiger partial charge in [0.15, 0.2) is 5.69 Å². The normalized spacial score (nSPS) is 14.2. The number of carbonyl (C=O) groups excluding carboxylic acids is 1. The van der Waals surface area contributed by atoms with Crippen LogP contribution in [0.3, 0.4) is 0 Å². The summed E-state index contributed by atoms with van der Waals surface area (Å²) in [5.41, 5.74) is 1.11. The van der Waals surface area contributed by atoms with Crippen molar-refractivity contribution in [2.24, 2.45) is 0 Å². The van der Waals surface area contributed by atoms with E-state index in [2.05, 4.69) is 5.10 Å². The number of para-hydroxylation sites is 1. The van der Waals surface area contributed by atoms with Crippen LogP contribution in [-0.2, 0) is 0 Å². The summed E-state index contributed by atoms with van der Waals surface area (Å²) in [7, 11) is 0. The number of rotatable bonds is 5. The van der Waals surface area contributed by atoms with Gasteiger partial charge < -0.3 is 10.0 Å². The lowest BCUT2D eigenvalue weighted by atomic mass is 10.3. The van der Waals surface area contributed by atoms with E-state index in [1.165, 1.54) is 0 Å². The van der Waals surface area contributed by atoms with Crippen LogP contribution in [-0.4, -0.2) is 44.9 Å². The quantitative estimate of drug-likeness (QED) is 0.920. The molecule has 1 N–H and O–H groups in total. The molecule has 3 rings (SSSR count). The number of aliphatic hydroxyl groups excluding tert-OH is 1. The van der Waals surface area contributed by atoms with Gasteiger partial charge in [-0.1, -0.05) is 23.7 Å². The Morgan fingerprint density at radius 1 is 1.38 bits per heavy atom. The summed E-state index contributed by atoms with van der Waals surface area (Å²) < 4.78 is 1.60. The van der Waals surface area contributed by atoms with Crippen LogP contribution >= 0.6 is 11.6 Å². The van der Waals surface area contributed by atoms with Crippen LogP contribution in [0.1, 0.15) is 23.3 Å². The Bertz CT molecular complexity index is 652. The number of halogens is 1. The summed E-state index contributed by atoms with van der Waals surface area (Å²) in [6.07, 6.45) is 3.71. The lowest BCUT2D eigenvalue weighted by Crippen LogP contribution is -2.35. The van der Waals surface area contributed by atoms with Gasteiger partial charge in [0.2, 0.25) is 0 Å². The van der Waals surface area contributed by atoms with Gasteiger partial charge in [0.25, 0.3) is 5.91 Å². The van der Waals surface area contributed by atoms with Crippen LogP contribution in [0.4, 0.5) is 0 Å². The second kappa shape index (κ2) is 5.87. The fourth-order valence-corrected chi connectivity index (χ4v) is 2.52. The molecule has 1 aliphatic carbocycles. The largest absolute Gasteiger partial charge is 0.395 e. The Morgan fingerprint density at radius 2 is 2.14 bits per heavy atom. The van der Waals surface area contributed by atoms with Crippen LogP contribution in [0.15, 0.2) is 36.5 Å². The van der Waals surface area contributed by atoms with E-state index in [0.717, 1.165) is 18.5 Å². The van der Waals surface area contributed by atoms with Crippen LogP contribution in [0.5, 0.6) is 0 Å². The Hall–Kier alpha value is -1.85. The zero-order chi connectivity index (χ0) is 14.8. The third-order valence-electron chi connectivity index (χ3n) is 3.50. The molecular formula is C15H16ClN3O2. The molecule has 110 valence electrons. The highest BCUT2D eigenvalue weighted by Crippen LogP contribution is 2.28. The molecule has 1 aromatic heterocycles. The first kappa shape index (κ1) is 14.1. The van der Waals surface area contributed by atoms with E-state index in [1.807, 2.05) is 18.2 Å². The van der Waals surface area contributed by atoms with Crippen molar-refractivity contribution in [3.63, 3.8) is 0 Å². The number of amides is 1. The van der Waals surface area contributed by atoms with Crippen molar-refractivity contribution in [2.75, 3.05) is 13.2 Å². The van der Waals surface area contributed by atoms with E-state index in [1.54, 1.807) is 27.9 Å². The molecule has 2 aromatic rings. The molecule has 1 fully saturated rings. The molecular weight excluding hydrogens is 290 g/mol. The number of benzene rings is 1. The van der Waals surface area contributed by atoms with E-state index >= 15 is 0 Å². The highest BCUT2D eigenvalue weighted by Gasteiger charge is 2.33. The standard InChI is InChI=1S/C15H16ClN3O2/c16-12-3-1-2-4-14(12)19-8-7-13(17-19)15(21)18(9-10-20)11-5-6-11/h1-4,7-8,11,20H,5-6,9-10H2. The van der Waals surface area contributed by atoms with Crippen molar-refractivity contribution in [2.45, 2.75) is 18.9 Å². The van der Waals surface area contributed by atoms with E-state index < -0.39 is 0 Å². The molecule has 0 spiro atoms. The number of aliphatic hydroxyl groups is 1. The molecule has 0 unspecified atom stereocenters. The molecule has 0 atom stereocenters. The number of hydrogen-bond donors (Lipinski definition) is 1. The van der Waals surface area contributed by atoms with E-state index in [-0.39, 0.29) is 18.6 Å². The number of hydrogen-bond acceptors (Lipinski definition) is 3. The van der Waals surface area contributed by atoms with Crippen molar-refractivity contribution < 1.29 is 9.90 Å². The molecule has 1 heterocycles. The van der Waals surface area contributed by atoms with Gasteiger partial charge in [-0.2, -0.15) is 5.10 Å². The second-order valence-corrected chi connectivity index (χ2v) is 5.46. The van der Waals surface area contributed by atoms with Crippen molar-refractivity contribution >= 4 is 17.5 Å². The van der Waals surface area contributed by atoms with Gasteiger partial charge in [-0.3, -0.25) is 4.79 Å². The van der Waals surface area contributed by atoms with Crippen molar-refractivity contribution in [3.05, 3.63) is 47.2 Å². The first-order chi connectivity index (χ1) is 10.2. The molecule has 0 saturated heterocycles. The molecule has 1 aromatic carbocycles. The highest BCUT2D eigenvalue weighted by atomic mass is 35.5. The molecule has 6 heteroatoms. The van der Waals surface area contributed by atoms with Crippen molar-refractivity contribution in [3.8, 4) is 5.69 Å². The van der Waals surface area contributed by atoms with Gasteiger partial charge in [-0.05, 0) is 31.0 Å². The monoisotopic (exact) mass is 305 g/mol. The SMILES string of the molecule is O=C(c1ccn(-c2ccccc2Cl)n1)N(CCO)C1CC1. The summed E-state index contributed by atoms with van der Waals surface area (Å²) in [6.45, 7) is 0.315. The van der Waals surface area contributed by atoms with Gasteiger partial charge in [-0.15, -0.1) is 0 Å². The molecule has 0 radical (unpaired) electrons. The maximum absolute atomic E-state index is 12.5. The average Bonchev–Trinajstić information content (AvgIpc) is 3.21. The predicted molar refractivity (Wildman–Crippen MR) is 79.7 cm³/mol.